The second-order valence-electron chi connectivity index (χ2n) is 7.63. The van der Waals surface area contributed by atoms with Gasteiger partial charge < -0.3 is 0 Å². The second kappa shape index (κ2) is 11.7. The molecule has 0 aliphatic carbocycles. The first kappa shape index (κ1) is 26.4. The third-order valence-corrected chi connectivity index (χ3v) is 6.67. The van der Waals surface area contributed by atoms with Crippen molar-refractivity contribution in [2.75, 3.05) is 7.11 Å². The molecule has 0 aliphatic heterocycles. The topological polar surface area (TPSA) is 18.5 Å². The quantitative estimate of drug-likeness (QED) is 0.366. The van der Waals surface area contributed by atoms with Gasteiger partial charge in [-0.05, 0) is 0 Å². The van der Waals surface area contributed by atoms with Gasteiger partial charge in [0.05, 0.1) is 0 Å². The van der Waals surface area contributed by atoms with Crippen molar-refractivity contribution >= 4 is 28.6 Å². The van der Waals surface area contributed by atoms with Gasteiger partial charge >= 0.3 is 174 Å². The molecule has 3 aromatic rings. The Morgan fingerprint density at radius 3 is 1.67 bits per heavy atom. The Bertz CT molecular complexity index is 930. The standard InChI is InChI=1S/C13H10.C11H16O2.2ClH.FH.Ti/c1-3-7-12(8-4-1)11-13-9-5-2-6-10-13;1-11(2,3)8-5-9(12)7-10(6-8)13-4;;;;/h1-10H;5-7,12H,1-4H3;3*1H;/q;;;;;+2/p-2. The molecule has 0 atom stereocenters. The molecule has 0 radical (unpaired) electrons. The van der Waals surface area contributed by atoms with E-state index >= 15 is 3.09 Å². The van der Waals surface area contributed by atoms with E-state index in [0.29, 0.717) is 15.3 Å². The molecule has 2 nitrogen and oxygen atoms in total. The summed E-state index contributed by atoms with van der Waals surface area (Å²) in [7, 11) is 1.61. The summed E-state index contributed by atoms with van der Waals surface area (Å²) < 4.78 is 27.7. The molecule has 6 heteroatoms. The summed E-state index contributed by atoms with van der Waals surface area (Å²) >= 11 is -3.57. The van der Waals surface area contributed by atoms with Crippen LogP contribution in [0.15, 0.2) is 78.9 Å². The molecular weight excluding hydrogens is 458 g/mol. The van der Waals surface area contributed by atoms with E-state index in [1.54, 1.807) is 13.2 Å². The Labute approximate surface area is 197 Å². The molecule has 0 saturated carbocycles. The molecule has 0 heterocycles. The van der Waals surface area contributed by atoms with Crippen LogP contribution in [0, 0.1) is 0 Å². The van der Waals surface area contributed by atoms with Crippen LogP contribution >= 0.6 is 24.8 Å². The summed E-state index contributed by atoms with van der Waals surface area (Å²) in [6.07, 6.45) is 0. The number of rotatable bonds is 5. The summed E-state index contributed by atoms with van der Waals surface area (Å²) in [6, 6.07) is 25.0. The largest absolute Gasteiger partial charge is 0.147 e. The first-order valence-corrected chi connectivity index (χ1v) is 11.3. The maximum absolute atomic E-state index is 15.7. The van der Waals surface area contributed by atoms with E-state index in [4.69, 9.17) is 8.06 Å². The first-order chi connectivity index (χ1) is 13.4. The predicted octanol–water partition coefficient (Wildman–Crippen LogP) is 6.90. The van der Waals surface area contributed by atoms with Crippen LogP contribution in [0.5, 0.6) is 11.5 Å². The number of methoxy groups -OCH3 is 1. The van der Waals surface area contributed by atoms with E-state index in [1.807, 2.05) is 72.8 Å². The van der Waals surface area contributed by atoms with Crippen LogP contribution in [-0.4, -0.2) is 10.9 Å². The van der Waals surface area contributed by atoms with Crippen molar-refractivity contribution in [1.82, 2.24) is 0 Å². The van der Waals surface area contributed by atoms with Crippen molar-refractivity contribution in [2.45, 2.75) is 26.2 Å². The molecule has 0 saturated heterocycles. The van der Waals surface area contributed by atoms with E-state index in [1.165, 1.54) is 0 Å². The fraction of sp³-hybridized carbons (Fsp3) is 0.208. The van der Waals surface area contributed by atoms with Crippen molar-refractivity contribution in [3.8, 4) is 11.5 Å². The minimum atomic E-state index is -3.57. The maximum Gasteiger partial charge on any atom is -0.147 e. The van der Waals surface area contributed by atoms with Crippen LogP contribution < -0.4 is 8.06 Å². The number of hydrogen-bond acceptors (Lipinski definition) is 2. The van der Waals surface area contributed by atoms with E-state index < -0.39 is 18.3 Å². The van der Waals surface area contributed by atoms with Crippen LogP contribution in [0.2, 0.25) is 0 Å². The van der Waals surface area contributed by atoms with E-state index in [2.05, 4.69) is 20.8 Å². The van der Waals surface area contributed by atoms with Crippen molar-refractivity contribution in [2.24, 2.45) is 0 Å². The first-order valence-electron chi connectivity index (χ1n) is 9.26. The zero-order chi connectivity index (χ0) is 20.1. The normalized spacial score (nSPS) is 10.3. The second-order valence-corrected chi connectivity index (χ2v) is 9.58. The van der Waals surface area contributed by atoms with Gasteiger partial charge in [-0.2, -0.15) is 0 Å². The summed E-state index contributed by atoms with van der Waals surface area (Å²) in [5, 5.41) is 0. The number of ether oxygens (including phenoxy) is 1. The molecule has 0 aliphatic rings. The zero-order valence-electron chi connectivity index (χ0n) is 17.5. The third kappa shape index (κ3) is 6.68. The summed E-state index contributed by atoms with van der Waals surface area (Å²) in [4.78, 5) is 0. The van der Waals surface area contributed by atoms with E-state index in [-0.39, 0.29) is 30.2 Å². The van der Waals surface area contributed by atoms with Gasteiger partial charge in [0, 0.05) is 0 Å². The molecule has 30 heavy (non-hydrogen) atoms. The van der Waals surface area contributed by atoms with Crippen LogP contribution in [0.3, 0.4) is 0 Å². The smallest absolute Gasteiger partial charge is 0.147 e. The Morgan fingerprint density at radius 2 is 1.23 bits per heavy atom. The van der Waals surface area contributed by atoms with Crippen molar-refractivity contribution in [3.63, 3.8) is 0 Å². The van der Waals surface area contributed by atoms with Gasteiger partial charge in [-0.1, -0.05) is 0 Å². The van der Waals surface area contributed by atoms with Gasteiger partial charge in [0.1, 0.15) is 0 Å². The molecule has 0 spiro atoms. The monoisotopic (exact) mass is 484 g/mol. The Hall–Kier alpha value is -1.65. The number of benzene rings is 3. The Morgan fingerprint density at radius 1 is 0.767 bits per heavy atom. The molecule has 3 rings (SSSR count). The predicted molar refractivity (Wildman–Crippen MR) is 124 cm³/mol. The SMILES string of the molecule is COc1cc([O][Ti]([F])=[C](c2ccccc2)c2ccccc2)cc(C(C)(C)C)c1.Cl.Cl. The van der Waals surface area contributed by atoms with Gasteiger partial charge in [-0.3, -0.25) is 0 Å². The van der Waals surface area contributed by atoms with Crippen molar-refractivity contribution in [3.05, 3.63) is 95.6 Å². The van der Waals surface area contributed by atoms with Crippen molar-refractivity contribution < 1.29 is 29.5 Å². The fourth-order valence-electron chi connectivity index (χ4n) is 2.94. The van der Waals surface area contributed by atoms with Crippen molar-refractivity contribution in [1.29, 1.82) is 0 Å². The molecule has 0 bridgehead atoms. The number of hydrogen-bond donors (Lipinski definition) is 0. The summed E-state index contributed by atoms with van der Waals surface area (Å²) in [5.41, 5.74) is 2.69. The van der Waals surface area contributed by atoms with Gasteiger partial charge in [0.2, 0.25) is 0 Å². The molecule has 0 N–H and O–H groups in total. The summed E-state index contributed by atoms with van der Waals surface area (Å²) in [6.45, 7) is 6.34. The minimum absolute atomic E-state index is 0. The molecule has 0 unspecified atom stereocenters. The van der Waals surface area contributed by atoms with Crippen LogP contribution in [0.1, 0.15) is 37.5 Å². The average Bonchev–Trinajstić information content (AvgIpc) is 2.69. The molecule has 0 fully saturated rings. The van der Waals surface area contributed by atoms with E-state index in [0.717, 1.165) is 16.7 Å². The molecule has 0 aromatic heterocycles. The van der Waals surface area contributed by atoms with Gasteiger partial charge in [-0.25, -0.2) is 0 Å². The third-order valence-electron chi connectivity index (χ3n) is 4.51. The van der Waals surface area contributed by atoms with Crippen LogP contribution in [-0.2, 0) is 23.7 Å². The number of halogens is 3. The van der Waals surface area contributed by atoms with Gasteiger partial charge in [-0.15, -0.1) is 24.8 Å². The summed E-state index contributed by atoms with van der Waals surface area (Å²) in [5.74, 6) is 1.19. The van der Waals surface area contributed by atoms with E-state index in [9.17, 15) is 0 Å². The van der Waals surface area contributed by atoms with Gasteiger partial charge in [0.15, 0.2) is 0 Å². The van der Waals surface area contributed by atoms with Crippen LogP contribution in [0.4, 0.5) is 3.09 Å². The zero-order valence-corrected chi connectivity index (χ0v) is 20.7. The molecule has 160 valence electrons. The minimum Gasteiger partial charge on any atom is -0.147 e. The molecular formula is C24H27Cl2FO2Ti. The van der Waals surface area contributed by atoms with Crippen LogP contribution in [0.25, 0.3) is 0 Å². The average molecular weight is 485 g/mol. The molecule has 0 amide bonds. The maximum atomic E-state index is 15.7. The molecule has 3 aromatic carbocycles. The van der Waals surface area contributed by atoms with Gasteiger partial charge in [0.25, 0.3) is 0 Å². The Balaban J connectivity index is 0.00000225. The fourth-order valence-corrected chi connectivity index (χ4v) is 4.84. The Kier molecular flexibility index (Phi) is 10.3.